The first kappa shape index (κ1) is 13.0. The molecule has 0 radical (unpaired) electrons. The summed E-state index contributed by atoms with van der Waals surface area (Å²) in [7, 11) is 0. The molecule has 0 amide bonds. The van der Waals surface area contributed by atoms with Crippen molar-refractivity contribution in [3.8, 4) is 0 Å². The number of hydrogen-bond acceptors (Lipinski definition) is 4. The number of hydrogen-bond donors (Lipinski definition) is 0. The molecule has 1 heterocycles. The second-order valence-corrected chi connectivity index (χ2v) is 5.31. The van der Waals surface area contributed by atoms with Crippen LogP contribution in [0.25, 0.3) is 0 Å². The molecule has 1 aromatic heterocycles. The van der Waals surface area contributed by atoms with Gasteiger partial charge in [-0.05, 0) is 46.4 Å². The molecule has 0 unspecified atom stereocenters. The lowest BCUT2D eigenvalue weighted by atomic mass is 10.2. The van der Waals surface area contributed by atoms with E-state index in [2.05, 4.69) is 21.1 Å². The molecule has 0 aliphatic heterocycles. The lowest BCUT2D eigenvalue weighted by Gasteiger charge is -2.01. The fraction of sp³-hybridized carbons (Fsp3) is 0.0769. The predicted octanol–water partition coefficient (Wildman–Crippen LogP) is 4.09. The van der Waals surface area contributed by atoms with Crippen molar-refractivity contribution in [3.05, 3.63) is 56.7 Å². The maximum absolute atomic E-state index is 11.8. The fourth-order valence-electron chi connectivity index (χ4n) is 1.32. The van der Waals surface area contributed by atoms with Crippen molar-refractivity contribution in [1.29, 1.82) is 0 Å². The molecule has 0 aliphatic rings. The minimum absolute atomic E-state index is 0.459. The van der Waals surface area contributed by atoms with Gasteiger partial charge in [0.25, 0.3) is 0 Å². The Morgan fingerprint density at radius 3 is 2.72 bits per heavy atom. The average Bonchev–Trinajstić information content (AvgIpc) is 2.90. The van der Waals surface area contributed by atoms with Crippen molar-refractivity contribution in [2.75, 3.05) is 0 Å². The second-order valence-electron chi connectivity index (χ2n) is 3.51. The number of rotatable bonds is 3. The first-order chi connectivity index (χ1) is 8.68. The van der Waals surface area contributed by atoms with Crippen molar-refractivity contribution in [2.24, 2.45) is 5.16 Å². The van der Waals surface area contributed by atoms with E-state index in [1.807, 2.05) is 23.6 Å². The molecular weight excluding hydrogens is 314 g/mol. The zero-order valence-electron chi connectivity index (χ0n) is 9.59. The van der Waals surface area contributed by atoms with Gasteiger partial charge in [0.2, 0.25) is 0 Å². The fourth-order valence-corrected chi connectivity index (χ4v) is 2.43. The summed E-state index contributed by atoms with van der Waals surface area (Å²) in [5, 5.41) is 5.79. The van der Waals surface area contributed by atoms with Gasteiger partial charge < -0.3 is 4.84 Å². The Labute approximate surface area is 117 Å². The van der Waals surface area contributed by atoms with Gasteiger partial charge in [-0.3, -0.25) is 0 Å². The minimum Gasteiger partial charge on any atom is -0.312 e. The molecule has 0 spiro atoms. The highest BCUT2D eigenvalue weighted by molar-refractivity contribution is 9.10. The van der Waals surface area contributed by atoms with Crippen LogP contribution in [0.3, 0.4) is 0 Å². The average molecular weight is 324 g/mol. The molecule has 0 saturated heterocycles. The van der Waals surface area contributed by atoms with Gasteiger partial charge in [-0.25, -0.2) is 4.79 Å². The van der Waals surface area contributed by atoms with E-state index in [1.165, 1.54) is 0 Å². The van der Waals surface area contributed by atoms with Crippen LogP contribution in [0.15, 0.2) is 51.4 Å². The van der Waals surface area contributed by atoms with Crippen molar-refractivity contribution < 1.29 is 9.63 Å². The zero-order chi connectivity index (χ0) is 13.0. The topological polar surface area (TPSA) is 38.7 Å². The summed E-state index contributed by atoms with van der Waals surface area (Å²) in [5.74, 6) is -0.474. The molecule has 18 heavy (non-hydrogen) atoms. The summed E-state index contributed by atoms with van der Waals surface area (Å²) in [6.07, 6.45) is 0. The molecule has 0 fully saturated rings. The number of carbonyl (C=O) groups is 1. The van der Waals surface area contributed by atoms with Crippen LogP contribution in [0.2, 0.25) is 0 Å². The van der Waals surface area contributed by atoms with Crippen LogP contribution in [0.4, 0.5) is 0 Å². The number of halogens is 1. The van der Waals surface area contributed by atoms with Crippen molar-refractivity contribution in [2.45, 2.75) is 6.92 Å². The maximum atomic E-state index is 11.8. The third kappa shape index (κ3) is 3.05. The molecule has 92 valence electrons. The van der Waals surface area contributed by atoms with Gasteiger partial charge >= 0.3 is 5.97 Å². The summed E-state index contributed by atoms with van der Waals surface area (Å²) < 4.78 is 0.693. The van der Waals surface area contributed by atoms with Crippen molar-refractivity contribution in [3.63, 3.8) is 0 Å². The normalized spacial score (nSPS) is 11.3. The van der Waals surface area contributed by atoms with E-state index in [0.717, 1.165) is 4.88 Å². The van der Waals surface area contributed by atoms with E-state index in [0.29, 0.717) is 15.7 Å². The molecule has 1 aromatic carbocycles. The molecule has 2 rings (SSSR count). The maximum Gasteiger partial charge on any atom is 0.366 e. The van der Waals surface area contributed by atoms with Crippen LogP contribution in [-0.2, 0) is 4.84 Å². The van der Waals surface area contributed by atoms with Crippen LogP contribution >= 0.6 is 27.3 Å². The highest BCUT2D eigenvalue weighted by Gasteiger charge is 2.11. The van der Waals surface area contributed by atoms with Gasteiger partial charge in [-0.2, -0.15) is 0 Å². The molecular formula is C13H10BrNO2S. The standard InChI is InChI=1S/C13H10BrNO2S/c1-9(12-7-4-8-18-12)15-17-13(16)10-5-2-3-6-11(10)14/h2-8H,1H3. The lowest BCUT2D eigenvalue weighted by molar-refractivity contribution is 0.0515. The number of nitrogens with zero attached hydrogens (tertiary/aromatic N) is 1. The number of carbonyl (C=O) groups excluding carboxylic acids is 1. The molecule has 2 aromatic rings. The number of oxime groups is 1. The highest BCUT2D eigenvalue weighted by atomic mass is 79.9. The van der Waals surface area contributed by atoms with Crippen LogP contribution in [0.5, 0.6) is 0 Å². The third-order valence-electron chi connectivity index (χ3n) is 2.24. The summed E-state index contributed by atoms with van der Waals surface area (Å²) in [6, 6.07) is 10.9. The van der Waals surface area contributed by atoms with Gasteiger partial charge in [0.1, 0.15) is 0 Å². The molecule has 0 saturated carbocycles. The molecule has 3 nitrogen and oxygen atoms in total. The monoisotopic (exact) mass is 323 g/mol. The zero-order valence-corrected chi connectivity index (χ0v) is 12.0. The third-order valence-corrected chi connectivity index (χ3v) is 3.91. The van der Waals surface area contributed by atoms with Gasteiger partial charge in [-0.15, -0.1) is 11.3 Å². The van der Waals surface area contributed by atoms with Gasteiger partial charge in [0.05, 0.1) is 16.2 Å². The van der Waals surface area contributed by atoms with Crippen LogP contribution in [-0.4, -0.2) is 11.7 Å². The Morgan fingerprint density at radius 1 is 1.28 bits per heavy atom. The Bertz CT molecular complexity index is 578. The van der Waals surface area contributed by atoms with Crippen LogP contribution < -0.4 is 0 Å². The van der Waals surface area contributed by atoms with Crippen LogP contribution in [0.1, 0.15) is 22.2 Å². The largest absolute Gasteiger partial charge is 0.366 e. The van der Waals surface area contributed by atoms with E-state index in [4.69, 9.17) is 4.84 Å². The molecule has 0 N–H and O–H groups in total. The summed E-state index contributed by atoms with van der Waals surface area (Å²) >= 11 is 4.85. The van der Waals surface area contributed by atoms with E-state index >= 15 is 0 Å². The quantitative estimate of drug-likeness (QED) is 0.484. The highest BCUT2D eigenvalue weighted by Crippen LogP contribution is 2.17. The van der Waals surface area contributed by atoms with E-state index in [9.17, 15) is 4.79 Å². The summed E-state index contributed by atoms with van der Waals surface area (Å²) in [6.45, 7) is 1.80. The molecule has 5 heteroatoms. The van der Waals surface area contributed by atoms with Gasteiger partial charge in [0, 0.05) is 4.47 Å². The van der Waals surface area contributed by atoms with Gasteiger partial charge in [0.15, 0.2) is 0 Å². The summed E-state index contributed by atoms with van der Waals surface area (Å²) in [4.78, 5) is 17.7. The minimum atomic E-state index is -0.474. The van der Waals surface area contributed by atoms with Crippen molar-refractivity contribution >= 4 is 38.9 Å². The number of thiophene rings is 1. The predicted molar refractivity (Wildman–Crippen MR) is 76.1 cm³/mol. The van der Waals surface area contributed by atoms with Crippen molar-refractivity contribution in [1.82, 2.24) is 0 Å². The molecule has 0 aliphatic carbocycles. The van der Waals surface area contributed by atoms with E-state index in [1.54, 1.807) is 36.5 Å². The Morgan fingerprint density at radius 2 is 2.06 bits per heavy atom. The summed E-state index contributed by atoms with van der Waals surface area (Å²) in [5.41, 5.74) is 1.14. The SMILES string of the molecule is CC(=NOC(=O)c1ccccc1Br)c1cccs1. The first-order valence-electron chi connectivity index (χ1n) is 5.23. The number of benzene rings is 1. The van der Waals surface area contributed by atoms with Crippen LogP contribution in [0, 0.1) is 0 Å². The molecule has 0 atom stereocenters. The Hall–Kier alpha value is -1.46. The lowest BCUT2D eigenvalue weighted by Crippen LogP contribution is -2.03. The van der Waals surface area contributed by atoms with E-state index < -0.39 is 5.97 Å². The van der Waals surface area contributed by atoms with E-state index in [-0.39, 0.29) is 0 Å². The Balaban J connectivity index is 2.09. The first-order valence-corrected chi connectivity index (χ1v) is 6.90. The Kier molecular flexibility index (Phi) is 4.28. The smallest absolute Gasteiger partial charge is 0.312 e. The van der Waals surface area contributed by atoms with Gasteiger partial charge in [-0.1, -0.05) is 23.4 Å². The second kappa shape index (κ2) is 5.93. The molecule has 0 bridgehead atoms.